The Labute approximate surface area is 135 Å². The molecule has 3 aromatic rings. The molecule has 0 aliphatic rings. The van der Waals surface area contributed by atoms with Gasteiger partial charge in [0.15, 0.2) is 0 Å². The minimum Gasteiger partial charge on any atom is -0.360 e. The van der Waals surface area contributed by atoms with Crippen LogP contribution in [0.4, 0.5) is 5.69 Å². The van der Waals surface area contributed by atoms with Gasteiger partial charge in [0.2, 0.25) is 0 Å². The number of amides is 1. The third-order valence-electron chi connectivity index (χ3n) is 3.78. The van der Waals surface area contributed by atoms with E-state index in [-0.39, 0.29) is 5.91 Å². The molecule has 0 unspecified atom stereocenters. The molecule has 0 saturated carbocycles. The molecule has 116 valence electrons. The number of carbonyl (C=O) groups excluding carboxylic acids is 1. The molecule has 0 aliphatic heterocycles. The molecule has 3 rings (SSSR count). The summed E-state index contributed by atoms with van der Waals surface area (Å²) in [6, 6.07) is 15.5. The zero-order valence-corrected chi connectivity index (χ0v) is 13.4. The lowest BCUT2D eigenvalue weighted by Crippen LogP contribution is -2.14. The van der Waals surface area contributed by atoms with Gasteiger partial charge in [-0.05, 0) is 38.0 Å². The van der Waals surface area contributed by atoms with Crippen molar-refractivity contribution in [2.45, 2.75) is 20.8 Å². The summed E-state index contributed by atoms with van der Waals surface area (Å²) in [6.45, 7) is 5.71. The minimum atomic E-state index is -0.212. The van der Waals surface area contributed by atoms with E-state index < -0.39 is 0 Å². The van der Waals surface area contributed by atoms with Gasteiger partial charge in [0.05, 0.1) is 0 Å². The highest BCUT2D eigenvalue weighted by atomic mass is 16.5. The van der Waals surface area contributed by atoms with Crippen molar-refractivity contribution >= 4 is 11.6 Å². The average molecular weight is 306 g/mol. The minimum absolute atomic E-state index is 0.212. The Bertz CT molecular complexity index is 851. The molecule has 4 nitrogen and oxygen atoms in total. The molecule has 23 heavy (non-hydrogen) atoms. The highest BCUT2D eigenvalue weighted by Crippen LogP contribution is 2.26. The summed E-state index contributed by atoms with van der Waals surface area (Å²) in [5.74, 6) is 0.294. The van der Waals surface area contributed by atoms with Crippen molar-refractivity contribution in [2.24, 2.45) is 0 Å². The maximum absolute atomic E-state index is 12.7. The van der Waals surface area contributed by atoms with E-state index in [0.29, 0.717) is 17.0 Å². The van der Waals surface area contributed by atoms with Crippen LogP contribution < -0.4 is 5.32 Å². The summed E-state index contributed by atoms with van der Waals surface area (Å²) in [5, 5.41) is 7.02. The maximum Gasteiger partial charge on any atom is 0.261 e. The van der Waals surface area contributed by atoms with Gasteiger partial charge in [-0.1, -0.05) is 47.6 Å². The highest BCUT2D eigenvalue weighted by molar-refractivity contribution is 6.09. The molecule has 0 aliphatic carbocycles. The first-order valence-corrected chi connectivity index (χ1v) is 7.46. The van der Waals surface area contributed by atoms with Crippen LogP contribution in [0.1, 0.15) is 27.2 Å². The third kappa shape index (κ3) is 3.01. The molecular weight excluding hydrogens is 288 g/mol. The number of nitrogens with zero attached hydrogens (tertiary/aromatic N) is 1. The molecule has 0 saturated heterocycles. The van der Waals surface area contributed by atoms with Crippen molar-refractivity contribution in [1.82, 2.24) is 5.16 Å². The van der Waals surface area contributed by atoms with Crippen molar-refractivity contribution in [3.8, 4) is 11.3 Å². The number of rotatable bonds is 3. The van der Waals surface area contributed by atoms with Crippen molar-refractivity contribution in [1.29, 1.82) is 0 Å². The fraction of sp³-hybridized carbons (Fsp3) is 0.158. The molecule has 0 spiro atoms. The van der Waals surface area contributed by atoms with E-state index >= 15 is 0 Å². The largest absolute Gasteiger partial charge is 0.360 e. The van der Waals surface area contributed by atoms with Crippen LogP contribution in [0.3, 0.4) is 0 Å². The first-order valence-electron chi connectivity index (χ1n) is 7.46. The molecule has 1 aromatic heterocycles. The molecular formula is C19H18N2O2. The molecule has 2 aromatic carbocycles. The fourth-order valence-electron chi connectivity index (χ4n) is 2.49. The summed E-state index contributed by atoms with van der Waals surface area (Å²) in [6.07, 6.45) is 0. The molecule has 1 amide bonds. The van der Waals surface area contributed by atoms with E-state index in [9.17, 15) is 4.79 Å². The average Bonchev–Trinajstić information content (AvgIpc) is 2.93. The van der Waals surface area contributed by atoms with Gasteiger partial charge in [0.1, 0.15) is 17.0 Å². The Hall–Kier alpha value is -2.88. The molecule has 1 heterocycles. The summed E-state index contributed by atoms with van der Waals surface area (Å²) >= 11 is 0. The van der Waals surface area contributed by atoms with Crippen molar-refractivity contribution in [2.75, 3.05) is 5.32 Å². The quantitative estimate of drug-likeness (QED) is 0.774. The Kier molecular flexibility index (Phi) is 3.98. The molecule has 1 N–H and O–H groups in total. The van der Waals surface area contributed by atoms with Crippen LogP contribution >= 0.6 is 0 Å². The predicted octanol–water partition coefficient (Wildman–Crippen LogP) is 4.52. The van der Waals surface area contributed by atoms with Crippen LogP contribution in [0.5, 0.6) is 0 Å². The molecule has 0 radical (unpaired) electrons. The smallest absolute Gasteiger partial charge is 0.261 e. The van der Waals surface area contributed by atoms with E-state index in [1.54, 1.807) is 6.92 Å². The summed E-state index contributed by atoms with van der Waals surface area (Å²) in [5.41, 5.74) is 4.80. The van der Waals surface area contributed by atoms with Gasteiger partial charge in [0, 0.05) is 11.3 Å². The van der Waals surface area contributed by atoms with E-state index in [2.05, 4.69) is 10.5 Å². The van der Waals surface area contributed by atoms with Crippen LogP contribution in [0.15, 0.2) is 53.1 Å². The SMILES string of the molecule is Cc1ccc(C)c(NC(=O)c2c(-c3ccccc3)noc2C)c1. The fourth-order valence-corrected chi connectivity index (χ4v) is 2.49. The lowest BCUT2D eigenvalue weighted by atomic mass is 10.1. The zero-order chi connectivity index (χ0) is 16.4. The van der Waals surface area contributed by atoms with E-state index in [1.807, 2.05) is 62.4 Å². The van der Waals surface area contributed by atoms with Crippen molar-refractivity contribution < 1.29 is 9.32 Å². The van der Waals surface area contributed by atoms with Crippen LogP contribution in [0.2, 0.25) is 0 Å². The monoisotopic (exact) mass is 306 g/mol. The van der Waals surface area contributed by atoms with Gasteiger partial charge in [0.25, 0.3) is 5.91 Å². The van der Waals surface area contributed by atoms with Crippen LogP contribution in [0.25, 0.3) is 11.3 Å². The summed E-state index contributed by atoms with van der Waals surface area (Å²) in [7, 11) is 0. The van der Waals surface area contributed by atoms with Gasteiger partial charge in [-0.25, -0.2) is 0 Å². The van der Waals surface area contributed by atoms with E-state index in [4.69, 9.17) is 4.52 Å². The van der Waals surface area contributed by atoms with E-state index in [1.165, 1.54) is 0 Å². The molecule has 0 bridgehead atoms. The van der Waals surface area contributed by atoms with E-state index in [0.717, 1.165) is 22.4 Å². The number of hydrogen-bond donors (Lipinski definition) is 1. The standard InChI is InChI=1S/C19H18N2O2/c1-12-9-10-13(2)16(11-12)20-19(22)17-14(3)23-21-18(17)15-7-5-4-6-8-15/h4-11H,1-3H3,(H,20,22). The number of aryl methyl sites for hydroxylation is 3. The number of aromatic nitrogens is 1. The number of anilines is 1. The van der Waals surface area contributed by atoms with Gasteiger partial charge in [-0.2, -0.15) is 0 Å². The second-order valence-corrected chi connectivity index (χ2v) is 5.60. The van der Waals surface area contributed by atoms with Gasteiger partial charge >= 0.3 is 0 Å². The Morgan fingerprint density at radius 3 is 2.52 bits per heavy atom. The Balaban J connectivity index is 1.97. The predicted molar refractivity (Wildman–Crippen MR) is 90.5 cm³/mol. The number of benzene rings is 2. The van der Waals surface area contributed by atoms with Gasteiger partial charge in [-0.3, -0.25) is 4.79 Å². The summed E-state index contributed by atoms with van der Waals surface area (Å²) in [4.78, 5) is 12.7. The summed E-state index contributed by atoms with van der Waals surface area (Å²) < 4.78 is 5.25. The second-order valence-electron chi connectivity index (χ2n) is 5.60. The van der Waals surface area contributed by atoms with Crippen LogP contribution in [0, 0.1) is 20.8 Å². The zero-order valence-electron chi connectivity index (χ0n) is 13.4. The highest BCUT2D eigenvalue weighted by Gasteiger charge is 2.22. The van der Waals surface area contributed by atoms with Crippen LogP contribution in [-0.4, -0.2) is 11.1 Å². The number of carbonyl (C=O) groups is 1. The van der Waals surface area contributed by atoms with Crippen molar-refractivity contribution in [3.63, 3.8) is 0 Å². The first kappa shape index (κ1) is 15.0. The lowest BCUT2D eigenvalue weighted by molar-refractivity contribution is 0.102. The number of nitrogens with one attached hydrogen (secondary N) is 1. The van der Waals surface area contributed by atoms with Gasteiger partial charge in [-0.15, -0.1) is 0 Å². The normalized spacial score (nSPS) is 10.6. The first-order chi connectivity index (χ1) is 11.1. The number of hydrogen-bond acceptors (Lipinski definition) is 3. The Morgan fingerprint density at radius 1 is 1.04 bits per heavy atom. The lowest BCUT2D eigenvalue weighted by Gasteiger charge is -2.09. The topological polar surface area (TPSA) is 55.1 Å². The van der Waals surface area contributed by atoms with Gasteiger partial charge < -0.3 is 9.84 Å². The molecule has 0 atom stereocenters. The maximum atomic E-state index is 12.7. The Morgan fingerprint density at radius 2 is 1.78 bits per heavy atom. The second kappa shape index (κ2) is 6.08. The molecule has 0 fully saturated rings. The molecule has 4 heteroatoms. The van der Waals surface area contributed by atoms with Crippen molar-refractivity contribution in [3.05, 3.63) is 71.0 Å². The van der Waals surface area contributed by atoms with Crippen LogP contribution in [-0.2, 0) is 0 Å². The third-order valence-corrected chi connectivity index (χ3v) is 3.78.